The molecular weight excluding hydrogens is 278 g/mol. The molecule has 0 saturated carbocycles. The lowest BCUT2D eigenvalue weighted by Crippen LogP contribution is -2.42. The summed E-state index contributed by atoms with van der Waals surface area (Å²) in [6, 6.07) is 7.15. The first-order chi connectivity index (χ1) is 9.95. The van der Waals surface area contributed by atoms with Crippen molar-refractivity contribution in [3.05, 3.63) is 41.4 Å². The molecule has 3 N–H and O–H groups in total. The molecule has 0 heterocycles. The summed E-state index contributed by atoms with van der Waals surface area (Å²) in [4.78, 5) is 36.3. The maximum atomic E-state index is 11.7. The monoisotopic (exact) mass is 291 g/mol. The molecule has 8 nitrogen and oxygen atoms in total. The highest BCUT2D eigenvalue weighted by Gasteiger charge is 2.36. The standard InChI is InChI=1S/C13H13N3O5/c14-9(6-10(17)18)12(19)11(16-15)13(20)21-7-8-4-2-1-3-5-8/h1-5,9H,6-7,14H2,(H,17,18). The van der Waals surface area contributed by atoms with Crippen molar-refractivity contribution in [2.45, 2.75) is 19.1 Å². The fourth-order valence-corrected chi connectivity index (χ4v) is 1.44. The number of rotatable bonds is 7. The Hall–Kier alpha value is -2.83. The molecule has 110 valence electrons. The zero-order chi connectivity index (χ0) is 15.8. The smallest absolute Gasteiger partial charge is 0.443 e. The molecule has 0 aromatic heterocycles. The predicted octanol–water partition coefficient (Wildman–Crippen LogP) is -0.228. The number of Topliss-reactive ketones (excluding diaryl/α,β-unsaturated/α-hetero) is 1. The minimum Gasteiger partial charge on any atom is -0.481 e. The van der Waals surface area contributed by atoms with E-state index in [1.165, 1.54) is 0 Å². The number of hydrogen-bond donors (Lipinski definition) is 2. The van der Waals surface area contributed by atoms with E-state index in [2.05, 4.69) is 4.79 Å². The number of carbonyl (C=O) groups is 3. The topological polar surface area (TPSA) is 143 Å². The average molecular weight is 291 g/mol. The van der Waals surface area contributed by atoms with Crippen molar-refractivity contribution in [1.29, 1.82) is 0 Å². The third-order valence-corrected chi connectivity index (χ3v) is 2.47. The number of carboxylic acids is 1. The van der Waals surface area contributed by atoms with Crippen LogP contribution in [0.25, 0.3) is 5.53 Å². The number of carbonyl (C=O) groups excluding carboxylic acids is 2. The van der Waals surface area contributed by atoms with Gasteiger partial charge < -0.3 is 21.1 Å². The minimum absolute atomic E-state index is 0.125. The number of ether oxygens (including phenoxy) is 1. The highest BCUT2D eigenvalue weighted by atomic mass is 16.5. The third kappa shape index (κ3) is 4.98. The highest BCUT2D eigenvalue weighted by molar-refractivity contribution is 6.63. The number of ketones is 1. The van der Waals surface area contributed by atoms with Crippen LogP contribution in [0.3, 0.4) is 0 Å². The SMILES string of the molecule is [N-]=[N+]=C(C(=O)OCc1ccccc1)C(=O)C(N)CC(=O)O. The van der Waals surface area contributed by atoms with Gasteiger partial charge in [-0.1, -0.05) is 30.3 Å². The summed E-state index contributed by atoms with van der Waals surface area (Å²) in [6.07, 6.45) is -0.691. The maximum absolute atomic E-state index is 11.7. The highest BCUT2D eigenvalue weighted by Crippen LogP contribution is 2.02. The first-order valence-electron chi connectivity index (χ1n) is 5.90. The second-order valence-corrected chi connectivity index (χ2v) is 4.08. The number of esters is 1. The molecule has 1 aromatic carbocycles. The van der Waals surface area contributed by atoms with Gasteiger partial charge in [0, 0.05) is 0 Å². The van der Waals surface area contributed by atoms with Crippen LogP contribution in [0.5, 0.6) is 0 Å². The number of aliphatic carboxylic acids is 1. The summed E-state index contributed by atoms with van der Waals surface area (Å²) in [6.45, 7) is -0.125. The third-order valence-electron chi connectivity index (χ3n) is 2.47. The van der Waals surface area contributed by atoms with E-state index in [1.807, 2.05) is 0 Å². The number of carboxylic acid groups (broad SMARTS) is 1. The summed E-state index contributed by atoms with van der Waals surface area (Å²) < 4.78 is 4.80. The van der Waals surface area contributed by atoms with Crippen molar-refractivity contribution < 1.29 is 29.0 Å². The number of nitrogens with two attached hydrogens (primary N) is 1. The zero-order valence-corrected chi connectivity index (χ0v) is 10.9. The molecule has 21 heavy (non-hydrogen) atoms. The van der Waals surface area contributed by atoms with E-state index >= 15 is 0 Å². The van der Waals surface area contributed by atoms with Gasteiger partial charge in [0.1, 0.15) is 6.61 Å². The Balaban J connectivity index is 2.68. The van der Waals surface area contributed by atoms with Gasteiger partial charge in [-0.15, -0.1) is 0 Å². The fourth-order valence-electron chi connectivity index (χ4n) is 1.44. The van der Waals surface area contributed by atoms with Crippen molar-refractivity contribution in [3.63, 3.8) is 0 Å². The van der Waals surface area contributed by atoms with E-state index in [1.54, 1.807) is 30.3 Å². The summed E-state index contributed by atoms with van der Waals surface area (Å²) >= 11 is 0. The molecular formula is C13H13N3O5. The molecule has 0 fully saturated rings. The first kappa shape index (κ1) is 16.2. The Morgan fingerprint density at radius 3 is 2.43 bits per heavy atom. The van der Waals surface area contributed by atoms with Gasteiger partial charge in [0.15, 0.2) is 0 Å². The summed E-state index contributed by atoms with van der Waals surface area (Å²) in [5.74, 6) is -3.59. The van der Waals surface area contributed by atoms with E-state index in [0.717, 1.165) is 0 Å². The van der Waals surface area contributed by atoms with Gasteiger partial charge in [0.2, 0.25) is 0 Å². The van der Waals surface area contributed by atoms with Gasteiger partial charge in [-0.3, -0.25) is 9.59 Å². The fraction of sp³-hybridized carbons (Fsp3) is 0.231. The van der Waals surface area contributed by atoms with Crippen molar-refractivity contribution in [1.82, 2.24) is 0 Å². The van der Waals surface area contributed by atoms with Crippen LogP contribution in [0.4, 0.5) is 0 Å². The van der Waals surface area contributed by atoms with Crippen LogP contribution in [0.1, 0.15) is 12.0 Å². The zero-order valence-electron chi connectivity index (χ0n) is 10.9. The van der Waals surface area contributed by atoms with Gasteiger partial charge in [-0.05, 0) is 5.56 Å². The van der Waals surface area contributed by atoms with E-state index in [-0.39, 0.29) is 6.61 Å². The Labute approximate surface area is 119 Å². The largest absolute Gasteiger partial charge is 0.481 e. The van der Waals surface area contributed by atoms with E-state index < -0.39 is 35.9 Å². The van der Waals surface area contributed by atoms with Gasteiger partial charge in [-0.2, -0.15) is 4.79 Å². The quantitative estimate of drug-likeness (QED) is 0.233. The lowest BCUT2D eigenvalue weighted by atomic mass is 10.1. The summed E-state index contributed by atoms with van der Waals surface area (Å²) in [5.41, 5.74) is 13.8. The Kier molecular flexibility index (Phi) is 5.94. The Morgan fingerprint density at radius 1 is 1.29 bits per heavy atom. The summed E-state index contributed by atoms with van der Waals surface area (Å²) in [7, 11) is 0. The van der Waals surface area contributed by atoms with Crippen molar-refractivity contribution >= 4 is 23.4 Å². The molecule has 0 aliphatic rings. The molecule has 8 heteroatoms. The second kappa shape index (κ2) is 7.68. The number of nitrogens with zero attached hydrogens (tertiary/aromatic N) is 2. The minimum atomic E-state index is -1.49. The molecule has 0 amide bonds. The lowest BCUT2D eigenvalue weighted by Gasteiger charge is -2.05. The van der Waals surface area contributed by atoms with Crippen LogP contribution in [0.15, 0.2) is 30.3 Å². The molecule has 0 spiro atoms. The van der Waals surface area contributed by atoms with E-state index in [4.69, 9.17) is 21.1 Å². The van der Waals surface area contributed by atoms with Crippen molar-refractivity contribution in [3.8, 4) is 0 Å². The number of benzene rings is 1. The molecule has 0 radical (unpaired) electrons. The molecule has 1 atom stereocenters. The van der Waals surface area contributed by atoms with E-state index in [0.29, 0.717) is 5.56 Å². The molecule has 1 rings (SSSR count). The van der Waals surface area contributed by atoms with Crippen molar-refractivity contribution in [2.75, 3.05) is 0 Å². The van der Waals surface area contributed by atoms with Gasteiger partial charge in [0.05, 0.1) is 12.5 Å². The lowest BCUT2D eigenvalue weighted by molar-refractivity contribution is -0.144. The Morgan fingerprint density at radius 2 is 1.90 bits per heavy atom. The van der Waals surface area contributed by atoms with Crippen molar-refractivity contribution in [2.24, 2.45) is 5.73 Å². The van der Waals surface area contributed by atoms with Gasteiger partial charge in [-0.25, -0.2) is 4.79 Å². The predicted molar refractivity (Wildman–Crippen MR) is 70.1 cm³/mol. The Bertz CT molecular complexity index is 593. The molecule has 0 aliphatic heterocycles. The molecule has 1 unspecified atom stereocenters. The summed E-state index contributed by atoms with van der Waals surface area (Å²) in [5, 5.41) is 8.53. The van der Waals surface area contributed by atoms with Crippen LogP contribution < -0.4 is 5.73 Å². The first-order valence-corrected chi connectivity index (χ1v) is 5.90. The van der Waals surface area contributed by atoms with Crippen LogP contribution in [0, 0.1) is 0 Å². The van der Waals surface area contributed by atoms with E-state index in [9.17, 15) is 14.4 Å². The second-order valence-electron chi connectivity index (χ2n) is 4.08. The molecule has 1 aromatic rings. The average Bonchev–Trinajstić information content (AvgIpc) is 2.46. The van der Waals surface area contributed by atoms with Gasteiger partial charge in [0.25, 0.3) is 5.78 Å². The van der Waals surface area contributed by atoms with Gasteiger partial charge >= 0.3 is 17.7 Å². The molecule has 0 saturated heterocycles. The maximum Gasteiger partial charge on any atom is 0.443 e. The normalized spacial score (nSPS) is 11.1. The molecule has 0 aliphatic carbocycles. The number of hydrogen-bond acceptors (Lipinski definition) is 5. The van der Waals surface area contributed by atoms with Crippen LogP contribution in [-0.2, 0) is 25.7 Å². The molecule has 0 bridgehead atoms. The van der Waals surface area contributed by atoms with Crippen LogP contribution in [0.2, 0.25) is 0 Å². The van der Waals surface area contributed by atoms with Crippen LogP contribution >= 0.6 is 0 Å². The van der Waals surface area contributed by atoms with Crippen LogP contribution in [-0.4, -0.2) is 39.4 Å².